The summed E-state index contributed by atoms with van der Waals surface area (Å²) in [5.41, 5.74) is 6.46. The first-order chi connectivity index (χ1) is 23.7. The molecule has 0 spiro atoms. The number of phenolic OH excluding ortho intramolecular Hbond substituents is 1. The molecule has 260 valence electrons. The topological polar surface area (TPSA) is 172 Å². The number of alkyl halides is 4. The first kappa shape index (κ1) is 33.4. The van der Waals surface area contributed by atoms with Crippen molar-refractivity contribution in [2.75, 3.05) is 36.5 Å². The molecule has 0 bridgehead atoms. The van der Waals surface area contributed by atoms with Crippen molar-refractivity contribution in [2.45, 2.75) is 50.1 Å². The van der Waals surface area contributed by atoms with Crippen molar-refractivity contribution >= 4 is 49.0 Å². The number of rotatable bonds is 7. The number of thiophene rings is 1. The van der Waals surface area contributed by atoms with E-state index in [0.717, 1.165) is 6.42 Å². The van der Waals surface area contributed by atoms with Crippen LogP contribution in [0.25, 0.3) is 32.2 Å². The third kappa shape index (κ3) is 5.31. The number of aromatic hydroxyl groups is 1. The summed E-state index contributed by atoms with van der Waals surface area (Å²) in [6.45, 7) is 2.33. The zero-order valence-corrected chi connectivity index (χ0v) is 26.9. The summed E-state index contributed by atoms with van der Waals surface area (Å²) in [5.74, 6) is -4.44. The highest BCUT2D eigenvalue weighted by atomic mass is 32.1. The molecule has 2 saturated heterocycles. The Balaban J connectivity index is 1.48. The predicted molar refractivity (Wildman–Crippen MR) is 173 cm³/mol. The van der Waals surface area contributed by atoms with Crippen LogP contribution in [0, 0.1) is 23.0 Å². The van der Waals surface area contributed by atoms with Gasteiger partial charge in [-0.2, -0.15) is 28.4 Å². The number of nitriles is 1. The van der Waals surface area contributed by atoms with E-state index in [1.165, 1.54) is 6.20 Å². The summed E-state index contributed by atoms with van der Waals surface area (Å²) < 4.78 is 96.8. The second kappa shape index (κ2) is 12.0. The number of anilines is 3. The number of ether oxygens (including phenoxy) is 1. The van der Waals surface area contributed by atoms with Gasteiger partial charge in [0.2, 0.25) is 0 Å². The highest BCUT2D eigenvalue weighted by Crippen LogP contribution is 2.52. The number of benzene rings is 1. The van der Waals surface area contributed by atoms with Crippen molar-refractivity contribution in [3.63, 3.8) is 0 Å². The summed E-state index contributed by atoms with van der Waals surface area (Å²) >= 11 is 0.575. The van der Waals surface area contributed by atoms with E-state index in [-0.39, 0.29) is 35.1 Å². The third-order valence-electron chi connectivity index (χ3n) is 9.29. The number of hydrogen-bond donors (Lipinski definition) is 4. The molecule has 7 rings (SSSR count). The van der Waals surface area contributed by atoms with Gasteiger partial charge in [0, 0.05) is 30.1 Å². The van der Waals surface area contributed by atoms with E-state index in [1.807, 2.05) is 4.90 Å². The molecule has 0 radical (unpaired) electrons. The summed E-state index contributed by atoms with van der Waals surface area (Å²) in [5, 5.41) is 22.7. The number of aromatic nitrogens is 4. The maximum atomic E-state index is 17.0. The van der Waals surface area contributed by atoms with E-state index in [1.54, 1.807) is 25.1 Å². The lowest BCUT2D eigenvalue weighted by molar-refractivity contribution is -0.138. The van der Waals surface area contributed by atoms with Crippen LogP contribution in [0.5, 0.6) is 11.8 Å². The van der Waals surface area contributed by atoms with Crippen LogP contribution in [-0.2, 0) is 6.18 Å². The Morgan fingerprint density at radius 2 is 2.02 bits per heavy atom. The molecule has 3 atom stereocenters. The van der Waals surface area contributed by atoms with Gasteiger partial charge in [-0.1, -0.05) is 6.07 Å². The Labute approximate surface area is 283 Å². The average molecular weight is 716 g/mol. The third-order valence-corrected chi connectivity index (χ3v) is 10.3. The summed E-state index contributed by atoms with van der Waals surface area (Å²) in [4.78, 5) is 18.2. The Kier molecular flexibility index (Phi) is 8.02. The maximum absolute atomic E-state index is 17.0. The lowest BCUT2D eigenvalue weighted by atomic mass is 9.95. The molecule has 0 amide bonds. The number of nitrogen functional groups attached to an aromatic ring is 2. The van der Waals surface area contributed by atoms with Crippen LogP contribution in [0.2, 0.25) is 0 Å². The Morgan fingerprint density at radius 1 is 1.24 bits per heavy atom. The Bertz CT molecular complexity index is 2230. The molecule has 6 N–H and O–H groups in total. The van der Waals surface area contributed by atoms with Crippen molar-refractivity contribution < 1.29 is 36.2 Å². The SMILES string of the molecule is C[C@@H](Nc1nc(OC[C@@]23CCCN2C[C@H](F)C3)nc2c(F)c(-c3ncc(F)c4sc(N)c(C#N)c34)c(C(F)(F)F)c(O)c12)c1cccnc1N. The van der Waals surface area contributed by atoms with Crippen LogP contribution in [0.3, 0.4) is 0 Å². The standard InChI is InChI=1S/C32H27F6N9O2S/c1-13(15-4-2-6-42-27(15)40)44-29-20-24(45-30(46-29)49-12-31-5-3-7-47(31)11-14(33)8-31)22(35)19(21(25(20)48)32(36,37)38)23-18-16(9-39)28(41)50-26(18)17(34)10-43-23/h2,4,6,10,13-14,48H,3,5,7-8,11-12,41H2,1H3,(H2,40,42)(H,44,45,46)/t13-,14-,31+/m1/s1. The van der Waals surface area contributed by atoms with Crippen molar-refractivity contribution in [3.8, 4) is 29.1 Å². The van der Waals surface area contributed by atoms with E-state index in [0.29, 0.717) is 36.1 Å². The second-order valence-electron chi connectivity index (χ2n) is 12.3. The van der Waals surface area contributed by atoms with Gasteiger partial charge in [-0.05, 0) is 32.4 Å². The highest BCUT2D eigenvalue weighted by molar-refractivity contribution is 7.23. The van der Waals surface area contributed by atoms with E-state index >= 15 is 4.39 Å². The van der Waals surface area contributed by atoms with Crippen LogP contribution in [0.15, 0.2) is 24.5 Å². The fourth-order valence-electron chi connectivity index (χ4n) is 7.08. The molecule has 0 unspecified atom stereocenters. The monoisotopic (exact) mass is 715 g/mol. The molecule has 0 saturated carbocycles. The zero-order valence-electron chi connectivity index (χ0n) is 26.1. The highest BCUT2D eigenvalue weighted by Gasteiger charge is 2.49. The molecule has 1 aromatic carbocycles. The summed E-state index contributed by atoms with van der Waals surface area (Å²) in [7, 11) is 0. The second-order valence-corrected chi connectivity index (χ2v) is 13.4. The minimum absolute atomic E-state index is 0.0909. The molecule has 6 heterocycles. The number of fused-ring (bicyclic) bond motifs is 3. The molecule has 11 nitrogen and oxygen atoms in total. The number of nitrogens with two attached hydrogens (primary N) is 2. The predicted octanol–water partition coefficient (Wildman–Crippen LogP) is 6.47. The van der Waals surface area contributed by atoms with Crippen LogP contribution in [0.4, 0.5) is 43.0 Å². The normalized spacial score (nSPS) is 19.9. The Hall–Kier alpha value is -5.15. The fraction of sp³-hybridized carbons (Fsp3) is 0.344. The van der Waals surface area contributed by atoms with Crippen molar-refractivity contribution in [1.29, 1.82) is 5.26 Å². The van der Waals surface area contributed by atoms with E-state index in [4.69, 9.17) is 16.2 Å². The average Bonchev–Trinajstić information content (AvgIpc) is 3.70. The first-order valence-corrected chi connectivity index (χ1v) is 16.1. The number of hydrogen-bond acceptors (Lipinski definition) is 12. The van der Waals surface area contributed by atoms with Crippen LogP contribution >= 0.6 is 11.3 Å². The van der Waals surface area contributed by atoms with Crippen LogP contribution < -0.4 is 21.5 Å². The fourth-order valence-corrected chi connectivity index (χ4v) is 8.00. The van der Waals surface area contributed by atoms with Crippen molar-refractivity contribution in [2.24, 2.45) is 0 Å². The molecule has 2 aliphatic heterocycles. The number of phenols is 1. The minimum atomic E-state index is -5.42. The van der Waals surface area contributed by atoms with Gasteiger partial charge in [0.05, 0.1) is 44.7 Å². The quantitative estimate of drug-likeness (QED) is 0.136. The Morgan fingerprint density at radius 3 is 2.74 bits per heavy atom. The largest absolute Gasteiger partial charge is 0.506 e. The zero-order chi connectivity index (χ0) is 35.7. The van der Waals surface area contributed by atoms with Gasteiger partial charge in [-0.3, -0.25) is 9.88 Å². The van der Waals surface area contributed by atoms with Gasteiger partial charge in [-0.25, -0.2) is 18.2 Å². The van der Waals surface area contributed by atoms with Gasteiger partial charge in [0.1, 0.15) is 52.3 Å². The lowest BCUT2D eigenvalue weighted by Crippen LogP contribution is -2.43. The maximum Gasteiger partial charge on any atom is 0.420 e. The van der Waals surface area contributed by atoms with Gasteiger partial charge >= 0.3 is 12.2 Å². The van der Waals surface area contributed by atoms with Crippen LogP contribution in [-0.4, -0.2) is 61.3 Å². The molecular weight excluding hydrogens is 688 g/mol. The number of nitrogens with zero attached hydrogens (tertiary/aromatic N) is 6. The van der Waals surface area contributed by atoms with E-state index in [9.17, 15) is 32.3 Å². The van der Waals surface area contributed by atoms with Gasteiger partial charge in [0.25, 0.3) is 0 Å². The van der Waals surface area contributed by atoms with Crippen molar-refractivity contribution in [3.05, 3.63) is 52.9 Å². The summed E-state index contributed by atoms with van der Waals surface area (Å²) in [6.07, 6.45) is -2.94. The van der Waals surface area contributed by atoms with E-state index in [2.05, 4.69) is 25.3 Å². The number of halogens is 6. The molecule has 50 heavy (non-hydrogen) atoms. The first-order valence-electron chi connectivity index (χ1n) is 15.3. The molecule has 0 aliphatic carbocycles. The van der Waals surface area contributed by atoms with Crippen molar-refractivity contribution in [1.82, 2.24) is 24.8 Å². The molecule has 5 aromatic rings. The van der Waals surface area contributed by atoms with Gasteiger partial charge in [-0.15, -0.1) is 11.3 Å². The minimum Gasteiger partial charge on any atom is -0.506 e. The number of pyridine rings is 2. The van der Waals surface area contributed by atoms with Crippen LogP contribution in [0.1, 0.15) is 48.9 Å². The summed E-state index contributed by atoms with van der Waals surface area (Å²) in [6, 6.07) is 3.62. The molecule has 2 aliphatic rings. The molecule has 18 heteroatoms. The number of nitrogens with one attached hydrogen (secondary N) is 1. The lowest BCUT2D eigenvalue weighted by Gasteiger charge is -2.31. The molecular formula is C32H27F6N9O2S. The molecule has 4 aromatic heterocycles. The smallest absolute Gasteiger partial charge is 0.420 e. The van der Waals surface area contributed by atoms with Gasteiger partial charge < -0.3 is 26.6 Å². The molecule has 2 fully saturated rings. The van der Waals surface area contributed by atoms with Gasteiger partial charge in [0.15, 0.2) is 11.6 Å². The van der Waals surface area contributed by atoms with E-state index < -0.39 is 91.8 Å².